The van der Waals surface area contributed by atoms with E-state index < -0.39 is 0 Å². The van der Waals surface area contributed by atoms with Gasteiger partial charge in [-0.15, -0.1) is 0 Å². The number of aliphatic imine (C=N–C) groups is 1. The molecule has 0 spiro atoms. The molecule has 0 radical (unpaired) electrons. The second kappa shape index (κ2) is 9.71. The Balaban J connectivity index is 2.07. The Hall–Kier alpha value is -2.89. The van der Waals surface area contributed by atoms with Crippen LogP contribution in [-0.4, -0.2) is 34.3 Å². The highest BCUT2D eigenvalue weighted by atomic mass is 16.5. The van der Waals surface area contributed by atoms with E-state index in [0.717, 1.165) is 5.56 Å². The van der Waals surface area contributed by atoms with E-state index in [4.69, 9.17) is 14.2 Å². The summed E-state index contributed by atoms with van der Waals surface area (Å²) < 4.78 is 16.3. The van der Waals surface area contributed by atoms with Crippen LogP contribution in [0.15, 0.2) is 35.3 Å². The molecule has 2 aromatic carbocycles. The molecular weight excluding hydrogens is 342 g/mol. The van der Waals surface area contributed by atoms with Crippen molar-refractivity contribution in [3.8, 4) is 17.2 Å². The molecule has 0 atom stereocenters. The van der Waals surface area contributed by atoms with E-state index >= 15 is 0 Å². The molecule has 146 valence electrons. The number of nitrogens with zero attached hydrogens (tertiary/aromatic N) is 1. The lowest BCUT2D eigenvalue weighted by Gasteiger charge is -2.17. The number of rotatable bonds is 7. The van der Waals surface area contributed by atoms with Crippen molar-refractivity contribution in [1.82, 2.24) is 10.6 Å². The molecule has 0 heterocycles. The average Bonchev–Trinajstić information content (AvgIpc) is 2.68. The lowest BCUT2D eigenvalue weighted by Crippen LogP contribution is -2.36. The zero-order valence-electron chi connectivity index (χ0n) is 17.0. The summed E-state index contributed by atoms with van der Waals surface area (Å²) >= 11 is 0. The Morgan fingerprint density at radius 2 is 1.52 bits per heavy atom. The number of hydrogen-bond acceptors (Lipinski definition) is 4. The lowest BCUT2D eigenvalue weighted by molar-refractivity contribution is 0.368. The van der Waals surface area contributed by atoms with Gasteiger partial charge in [0.2, 0.25) is 0 Å². The number of methoxy groups -OCH3 is 3. The summed E-state index contributed by atoms with van der Waals surface area (Å²) in [6.45, 7) is 5.42. The van der Waals surface area contributed by atoms with Crippen molar-refractivity contribution in [3.63, 3.8) is 0 Å². The molecule has 0 saturated heterocycles. The van der Waals surface area contributed by atoms with Gasteiger partial charge in [0.1, 0.15) is 17.2 Å². The summed E-state index contributed by atoms with van der Waals surface area (Å²) in [5.74, 6) is 2.78. The predicted octanol–water partition coefficient (Wildman–Crippen LogP) is 3.19. The van der Waals surface area contributed by atoms with Crippen LogP contribution in [0.3, 0.4) is 0 Å². The van der Waals surface area contributed by atoms with E-state index in [2.05, 4.69) is 47.7 Å². The molecule has 2 rings (SSSR count). The van der Waals surface area contributed by atoms with Crippen LogP contribution in [-0.2, 0) is 13.1 Å². The van der Waals surface area contributed by atoms with Gasteiger partial charge < -0.3 is 24.8 Å². The maximum absolute atomic E-state index is 5.49. The van der Waals surface area contributed by atoms with Gasteiger partial charge in [-0.25, -0.2) is 0 Å². The van der Waals surface area contributed by atoms with Crippen molar-refractivity contribution in [3.05, 3.63) is 52.6 Å². The van der Waals surface area contributed by atoms with Crippen molar-refractivity contribution in [1.29, 1.82) is 0 Å². The SMILES string of the molecule is CN=C(NCc1ccc(C)cc1C)NCc1c(OC)cc(OC)cc1OC. The highest BCUT2D eigenvalue weighted by Gasteiger charge is 2.14. The van der Waals surface area contributed by atoms with Crippen LogP contribution in [0.2, 0.25) is 0 Å². The second-order valence-corrected chi connectivity index (χ2v) is 6.22. The Morgan fingerprint density at radius 3 is 2.04 bits per heavy atom. The second-order valence-electron chi connectivity index (χ2n) is 6.22. The maximum Gasteiger partial charge on any atom is 0.191 e. The summed E-state index contributed by atoms with van der Waals surface area (Å²) in [6.07, 6.45) is 0. The van der Waals surface area contributed by atoms with Crippen LogP contribution in [0.25, 0.3) is 0 Å². The van der Waals surface area contributed by atoms with Gasteiger partial charge in [-0.1, -0.05) is 23.8 Å². The fourth-order valence-corrected chi connectivity index (χ4v) is 2.87. The number of aryl methyl sites for hydroxylation is 2. The van der Waals surface area contributed by atoms with Gasteiger partial charge in [0.25, 0.3) is 0 Å². The molecule has 2 N–H and O–H groups in total. The molecule has 2 aromatic rings. The fourth-order valence-electron chi connectivity index (χ4n) is 2.87. The molecule has 0 aromatic heterocycles. The number of ether oxygens (including phenoxy) is 3. The van der Waals surface area contributed by atoms with E-state index in [1.807, 2.05) is 12.1 Å². The van der Waals surface area contributed by atoms with Gasteiger partial charge in [-0.05, 0) is 25.0 Å². The van der Waals surface area contributed by atoms with Crippen molar-refractivity contribution < 1.29 is 14.2 Å². The molecule has 0 fully saturated rings. The van der Waals surface area contributed by atoms with Gasteiger partial charge in [0.05, 0.1) is 33.4 Å². The van der Waals surface area contributed by atoms with Crippen LogP contribution in [0.1, 0.15) is 22.3 Å². The Labute approximate surface area is 161 Å². The molecular formula is C21H29N3O3. The Bertz CT molecular complexity index is 778. The average molecular weight is 371 g/mol. The zero-order chi connectivity index (χ0) is 19.8. The van der Waals surface area contributed by atoms with Crippen molar-refractivity contribution >= 4 is 5.96 Å². The molecule has 0 aliphatic carbocycles. The topological polar surface area (TPSA) is 64.1 Å². The van der Waals surface area contributed by atoms with E-state index in [0.29, 0.717) is 36.3 Å². The highest BCUT2D eigenvalue weighted by molar-refractivity contribution is 5.79. The summed E-state index contributed by atoms with van der Waals surface area (Å²) in [5, 5.41) is 6.66. The molecule has 0 unspecified atom stereocenters. The van der Waals surface area contributed by atoms with Gasteiger partial charge in [0, 0.05) is 25.7 Å². The first-order valence-electron chi connectivity index (χ1n) is 8.81. The molecule has 0 aliphatic heterocycles. The third-order valence-corrected chi connectivity index (χ3v) is 4.42. The van der Waals surface area contributed by atoms with Gasteiger partial charge in [-0.3, -0.25) is 4.99 Å². The standard InChI is InChI=1S/C21H29N3O3/c1-14-7-8-16(15(2)9-14)12-23-21(22-3)24-13-18-19(26-5)10-17(25-4)11-20(18)27-6/h7-11H,12-13H2,1-6H3,(H2,22,23,24). The van der Waals surface area contributed by atoms with Crippen molar-refractivity contribution in [2.75, 3.05) is 28.4 Å². The minimum atomic E-state index is 0.503. The third kappa shape index (κ3) is 5.29. The van der Waals surface area contributed by atoms with Crippen LogP contribution in [0, 0.1) is 13.8 Å². The number of benzene rings is 2. The third-order valence-electron chi connectivity index (χ3n) is 4.42. The molecule has 6 heteroatoms. The Kier molecular flexibility index (Phi) is 7.34. The van der Waals surface area contributed by atoms with Gasteiger partial charge in [-0.2, -0.15) is 0 Å². The first kappa shape index (κ1) is 20.4. The summed E-state index contributed by atoms with van der Waals surface area (Å²) in [7, 11) is 6.63. The smallest absolute Gasteiger partial charge is 0.191 e. The van der Waals surface area contributed by atoms with Gasteiger partial charge in [0.15, 0.2) is 5.96 Å². The number of hydrogen-bond donors (Lipinski definition) is 2. The van der Waals surface area contributed by atoms with E-state index in [-0.39, 0.29) is 0 Å². The van der Waals surface area contributed by atoms with Crippen LogP contribution < -0.4 is 24.8 Å². The highest BCUT2D eigenvalue weighted by Crippen LogP contribution is 2.33. The number of nitrogens with one attached hydrogen (secondary N) is 2. The lowest BCUT2D eigenvalue weighted by atomic mass is 10.1. The van der Waals surface area contributed by atoms with Gasteiger partial charge >= 0.3 is 0 Å². The first-order valence-corrected chi connectivity index (χ1v) is 8.81. The van der Waals surface area contributed by atoms with Crippen LogP contribution in [0.5, 0.6) is 17.2 Å². The largest absolute Gasteiger partial charge is 0.496 e. The van der Waals surface area contributed by atoms with Crippen molar-refractivity contribution in [2.45, 2.75) is 26.9 Å². The molecule has 0 bridgehead atoms. The maximum atomic E-state index is 5.49. The predicted molar refractivity (Wildman–Crippen MR) is 109 cm³/mol. The van der Waals surface area contributed by atoms with E-state index in [9.17, 15) is 0 Å². The van der Waals surface area contributed by atoms with Crippen molar-refractivity contribution in [2.24, 2.45) is 4.99 Å². The normalized spacial score (nSPS) is 11.1. The Morgan fingerprint density at radius 1 is 0.889 bits per heavy atom. The molecule has 27 heavy (non-hydrogen) atoms. The molecule has 0 saturated carbocycles. The molecule has 6 nitrogen and oxygen atoms in total. The van der Waals surface area contributed by atoms with E-state index in [1.165, 1.54) is 16.7 Å². The minimum Gasteiger partial charge on any atom is -0.496 e. The molecule has 0 amide bonds. The quantitative estimate of drug-likeness (QED) is 0.578. The summed E-state index contributed by atoms with van der Waals surface area (Å²) in [5.41, 5.74) is 4.66. The van der Waals surface area contributed by atoms with Crippen LogP contribution in [0.4, 0.5) is 0 Å². The summed E-state index contributed by atoms with van der Waals surface area (Å²) in [4.78, 5) is 4.30. The van der Waals surface area contributed by atoms with E-state index in [1.54, 1.807) is 28.4 Å². The summed E-state index contributed by atoms with van der Waals surface area (Å²) in [6, 6.07) is 10.1. The zero-order valence-corrected chi connectivity index (χ0v) is 17.0. The molecule has 0 aliphatic rings. The monoisotopic (exact) mass is 371 g/mol. The number of guanidine groups is 1. The fraction of sp³-hybridized carbons (Fsp3) is 0.381. The first-order chi connectivity index (χ1) is 13.0. The van der Waals surface area contributed by atoms with Crippen LogP contribution >= 0.6 is 0 Å². The minimum absolute atomic E-state index is 0.503.